The van der Waals surface area contributed by atoms with Crippen LogP contribution >= 0.6 is 0 Å². The molecule has 0 saturated carbocycles. The molecular weight excluding hydrogens is 156 g/mol. The Morgan fingerprint density at radius 2 is 2.58 bits per heavy atom. The molecule has 1 amide bonds. The van der Waals surface area contributed by atoms with Crippen LogP contribution in [0.2, 0.25) is 0 Å². The van der Waals surface area contributed by atoms with Gasteiger partial charge in [0.05, 0.1) is 0 Å². The van der Waals surface area contributed by atoms with E-state index in [9.17, 15) is 4.79 Å². The van der Waals surface area contributed by atoms with Crippen LogP contribution in [0.5, 0.6) is 0 Å². The van der Waals surface area contributed by atoms with Crippen LogP contribution in [-0.2, 0) is 9.53 Å². The molecule has 1 aliphatic heterocycles. The van der Waals surface area contributed by atoms with Crippen molar-refractivity contribution in [1.82, 2.24) is 10.6 Å². The molecule has 1 fully saturated rings. The summed E-state index contributed by atoms with van der Waals surface area (Å²) in [5.74, 6) is -0.00750. The zero-order valence-electron chi connectivity index (χ0n) is 7.43. The lowest BCUT2D eigenvalue weighted by Crippen LogP contribution is -2.41. The molecule has 0 spiro atoms. The first-order valence-electron chi connectivity index (χ1n) is 4.44. The molecule has 0 aromatic heterocycles. The first-order valence-corrected chi connectivity index (χ1v) is 4.44. The van der Waals surface area contributed by atoms with E-state index in [1.54, 1.807) is 0 Å². The number of amides is 1. The van der Waals surface area contributed by atoms with E-state index >= 15 is 0 Å². The molecule has 70 valence electrons. The Hall–Kier alpha value is -0.610. The minimum atomic E-state index is -0.299. The number of hydrogen-bond acceptors (Lipinski definition) is 3. The van der Waals surface area contributed by atoms with E-state index in [2.05, 4.69) is 10.6 Å². The quantitative estimate of drug-likeness (QED) is 0.590. The molecule has 0 aliphatic carbocycles. The van der Waals surface area contributed by atoms with E-state index in [0.717, 1.165) is 13.0 Å². The van der Waals surface area contributed by atoms with Crippen LogP contribution in [-0.4, -0.2) is 38.3 Å². The molecule has 2 N–H and O–H groups in total. The second kappa shape index (κ2) is 5.11. The first kappa shape index (κ1) is 9.48. The van der Waals surface area contributed by atoms with E-state index < -0.39 is 0 Å². The maximum Gasteiger partial charge on any atom is 0.250 e. The Kier molecular flexibility index (Phi) is 4.04. The molecule has 0 aromatic rings. The normalized spacial score (nSPS) is 24.6. The van der Waals surface area contributed by atoms with Crippen molar-refractivity contribution in [3.05, 3.63) is 0 Å². The lowest BCUT2D eigenvalue weighted by atomic mass is 10.3. The maximum atomic E-state index is 11.3. The Morgan fingerprint density at radius 1 is 1.75 bits per heavy atom. The third kappa shape index (κ3) is 2.79. The number of carbonyl (C=O) groups excluding carboxylic acids is 1. The Labute approximate surface area is 72.7 Å². The zero-order chi connectivity index (χ0) is 8.81. The van der Waals surface area contributed by atoms with Gasteiger partial charge in [-0.1, -0.05) is 0 Å². The van der Waals surface area contributed by atoms with Gasteiger partial charge in [0.15, 0.2) is 0 Å². The van der Waals surface area contributed by atoms with Gasteiger partial charge < -0.3 is 15.4 Å². The summed E-state index contributed by atoms with van der Waals surface area (Å²) < 4.78 is 5.34. The Morgan fingerprint density at radius 3 is 3.33 bits per heavy atom. The highest BCUT2D eigenvalue weighted by Crippen LogP contribution is 1.97. The molecule has 0 bridgehead atoms. The van der Waals surface area contributed by atoms with Crippen molar-refractivity contribution < 1.29 is 9.53 Å². The molecular formula is C8H16N2O2. The number of rotatable bonds is 2. The van der Waals surface area contributed by atoms with Crippen LogP contribution in [0.25, 0.3) is 0 Å². The van der Waals surface area contributed by atoms with Gasteiger partial charge in [-0.05, 0) is 19.9 Å². The minimum absolute atomic E-state index is 0.00750. The molecule has 0 radical (unpaired) electrons. The highest BCUT2D eigenvalue weighted by Gasteiger charge is 2.19. The van der Waals surface area contributed by atoms with E-state index in [1.807, 2.05) is 6.92 Å². The first-order chi connectivity index (χ1) is 5.84. The average molecular weight is 172 g/mol. The predicted octanol–water partition coefficient (Wildman–Crippen LogP) is -0.499. The number of likely N-dealkylation sites (N-methyl/N-ethyl adjacent to an activating group) is 1. The van der Waals surface area contributed by atoms with Gasteiger partial charge in [-0.2, -0.15) is 0 Å². The highest BCUT2D eigenvalue weighted by atomic mass is 16.5. The van der Waals surface area contributed by atoms with Crippen molar-refractivity contribution >= 4 is 5.91 Å². The molecule has 1 atom stereocenters. The SMILES string of the molecule is CCNC(=O)C1CNCCCO1. The van der Waals surface area contributed by atoms with Crippen molar-refractivity contribution in [3.63, 3.8) is 0 Å². The Bertz CT molecular complexity index is 142. The molecule has 4 heteroatoms. The summed E-state index contributed by atoms with van der Waals surface area (Å²) in [6.07, 6.45) is 0.683. The number of hydrogen-bond donors (Lipinski definition) is 2. The van der Waals surface area contributed by atoms with Gasteiger partial charge in [-0.15, -0.1) is 0 Å². The molecule has 4 nitrogen and oxygen atoms in total. The van der Waals surface area contributed by atoms with Crippen molar-refractivity contribution in [2.24, 2.45) is 0 Å². The van der Waals surface area contributed by atoms with Crippen molar-refractivity contribution in [2.75, 3.05) is 26.2 Å². The van der Waals surface area contributed by atoms with Crippen LogP contribution < -0.4 is 10.6 Å². The van der Waals surface area contributed by atoms with Crippen molar-refractivity contribution in [2.45, 2.75) is 19.4 Å². The topological polar surface area (TPSA) is 50.4 Å². The van der Waals surface area contributed by atoms with Crippen molar-refractivity contribution in [1.29, 1.82) is 0 Å². The Balaban J connectivity index is 2.32. The summed E-state index contributed by atoms with van der Waals surface area (Å²) in [5, 5.41) is 5.89. The summed E-state index contributed by atoms with van der Waals surface area (Å²) in [5.41, 5.74) is 0. The summed E-state index contributed by atoms with van der Waals surface area (Å²) >= 11 is 0. The van der Waals surface area contributed by atoms with Gasteiger partial charge in [-0.25, -0.2) is 0 Å². The van der Waals surface area contributed by atoms with E-state index in [4.69, 9.17) is 4.74 Å². The number of nitrogens with one attached hydrogen (secondary N) is 2. The van der Waals surface area contributed by atoms with Gasteiger partial charge in [-0.3, -0.25) is 4.79 Å². The fraction of sp³-hybridized carbons (Fsp3) is 0.875. The summed E-state index contributed by atoms with van der Waals surface area (Å²) in [4.78, 5) is 11.3. The highest BCUT2D eigenvalue weighted by molar-refractivity contribution is 5.80. The smallest absolute Gasteiger partial charge is 0.250 e. The molecule has 0 aromatic carbocycles. The minimum Gasteiger partial charge on any atom is -0.367 e. The lowest BCUT2D eigenvalue weighted by Gasteiger charge is -2.13. The second-order valence-electron chi connectivity index (χ2n) is 2.81. The van der Waals surface area contributed by atoms with Gasteiger partial charge in [0.1, 0.15) is 6.10 Å². The molecule has 1 heterocycles. The average Bonchev–Trinajstić information content (AvgIpc) is 2.32. The predicted molar refractivity (Wildman–Crippen MR) is 45.9 cm³/mol. The van der Waals surface area contributed by atoms with E-state index in [-0.39, 0.29) is 12.0 Å². The summed E-state index contributed by atoms with van der Waals surface area (Å²) in [7, 11) is 0. The fourth-order valence-electron chi connectivity index (χ4n) is 1.17. The summed E-state index contributed by atoms with van der Waals surface area (Å²) in [6.45, 7) is 4.82. The molecule has 1 rings (SSSR count). The maximum absolute atomic E-state index is 11.3. The lowest BCUT2D eigenvalue weighted by molar-refractivity contribution is -0.131. The van der Waals surface area contributed by atoms with E-state index in [1.165, 1.54) is 0 Å². The monoisotopic (exact) mass is 172 g/mol. The van der Waals surface area contributed by atoms with Gasteiger partial charge in [0, 0.05) is 19.7 Å². The largest absolute Gasteiger partial charge is 0.367 e. The molecule has 1 unspecified atom stereocenters. The van der Waals surface area contributed by atoms with Crippen LogP contribution in [0, 0.1) is 0 Å². The summed E-state index contributed by atoms with van der Waals surface area (Å²) in [6, 6.07) is 0. The molecule has 12 heavy (non-hydrogen) atoms. The molecule has 1 saturated heterocycles. The zero-order valence-corrected chi connectivity index (χ0v) is 7.43. The van der Waals surface area contributed by atoms with Crippen LogP contribution in [0.3, 0.4) is 0 Å². The van der Waals surface area contributed by atoms with Gasteiger partial charge in [0.25, 0.3) is 0 Å². The van der Waals surface area contributed by atoms with E-state index in [0.29, 0.717) is 19.7 Å². The van der Waals surface area contributed by atoms with Crippen molar-refractivity contribution in [3.8, 4) is 0 Å². The molecule has 1 aliphatic rings. The fourth-order valence-corrected chi connectivity index (χ4v) is 1.17. The number of ether oxygens (including phenoxy) is 1. The van der Waals surface area contributed by atoms with Gasteiger partial charge >= 0.3 is 0 Å². The number of carbonyl (C=O) groups is 1. The second-order valence-corrected chi connectivity index (χ2v) is 2.81. The third-order valence-electron chi connectivity index (χ3n) is 1.79. The van der Waals surface area contributed by atoms with Crippen LogP contribution in [0.15, 0.2) is 0 Å². The van der Waals surface area contributed by atoms with Crippen LogP contribution in [0.4, 0.5) is 0 Å². The third-order valence-corrected chi connectivity index (χ3v) is 1.79. The standard InChI is InChI=1S/C8H16N2O2/c1-2-10-8(11)7-6-9-4-3-5-12-7/h7,9H,2-6H2,1H3,(H,10,11). The van der Waals surface area contributed by atoms with Gasteiger partial charge in [0.2, 0.25) is 5.91 Å². The van der Waals surface area contributed by atoms with Crippen LogP contribution in [0.1, 0.15) is 13.3 Å².